The molecule has 140 valence electrons. The van der Waals surface area contributed by atoms with E-state index in [1.165, 1.54) is 26.2 Å². The summed E-state index contributed by atoms with van der Waals surface area (Å²) in [7, 11) is -0.544. The fourth-order valence-electron chi connectivity index (χ4n) is 2.31. The average molecular weight is 396 g/mol. The van der Waals surface area contributed by atoms with Crippen molar-refractivity contribution in [2.75, 3.05) is 26.0 Å². The summed E-state index contributed by atoms with van der Waals surface area (Å²) in [4.78, 5) is 12.3. The second kappa shape index (κ2) is 8.64. The normalized spacial score (nSPS) is 12.8. The molecule has 0 heterocycles. The monoisotopic (exact) mass is 395 g/mol. The van der Waals surface area contributed by atoms with Crippen LogP contribution in [0.15, 0.2) is 53.4 Å². The molecule has 2 rings (SSSR count). The van der Waals surface area contributed by atoms with Gasteiger partial charge in [0.1, 0.15) is 0 Å². The Kier molecular flexibility index (Phi) is 6.77. The molecule has 0 unspecified atom stereocenters. The zero-order valence-electron chi connectivity index (χ0n) is 14.9. The van der Waals surface area contributed by atoms with E-state index in [2.05, 4.69) is 10.6 Å². The summed E-state index contributed by atoms with van der Waals surface area (Å²) in [5.41, 5.74) is 1.44. The van der Waals surface area contributed by atoms with Gasteiger partial charge in [-0.1, -0.05) is 29.8 Å². The number of benzene rings is 2. The van der Waals surface area contributed by atoms with Crippen LogP contribution in [0.5, 0.6) is 0 Å². The number of halogens is 1. The number of hydrogen-bond donors (Lipinski definition) is 2. The fraction of sp³-hybridized carbons (Fsp3) is 0.278. The number of anilines is 1. The molecule has 0 saturated heterocycles. The van der Waals surface area contributed by atoms with E-state index in [4.69, 9.17) is 11.6 Å². The summed E-state index contributed by atoms with van der Waals surface area (Å²) in [5.74, 6) is -0.230. The Bertz CT molecular complexity index is 868. The molecule has 2 N–H and O–H groups in total. The van der Waals surface area contributed by atoms with Gasteiger partial charge in [-0.2, -0.15) is 0 Å². The lowest BCUT2D eigenvalue weighted by Crippen LogP contribution is -2.30. The minimum Gasteiger partial charge on any atom is -0.325 e. The predicted octanol–water partition coefficient (Wildman–Crippen LogP) is 2.88. The number of rotatable bonds is 7. The van der Waals surface area contributed by atoms with Crippen molar-refractivity contribution in [1.29, 1.82) is 0 Å². The van der Waals surface area contributed by atoms with Crippen molar-refractivity contribution >= 4 is 33.2 Å². The van der Waals surface area contributed by atoms with E-state index in [0.29, 0.717) is 10.7 Å². The second-order valence-corrected chi connectivity index (χ2v) is 8.54. The van der Waals surface area contributed by atoms with Crippen molar-refractivity contribution in [3.8, 4) is 0 Å². The van der Waals surface area contributed by atoms with Crippen LogP contribution in [-0.2, 0) is 14.8 Å². The van der Waals surface area contributed by atoms with Crippen molar-refractivity contribution in [3.63, 3.8) is 0 Å². The van der Waals surface area contributed by atoms with Gasteiger partial charge in [0.2, 0.25) is 15.9 Å². The van der Waals surface area contributed by atoms with Gasteiger partial charge < -0.3 is 10.6 Å². The van der Waals surface area contributed by atoms with Crippen LogP contribution in [0, 0.1) is 0 Å². The van der Waals surface area contributed by atoms with E-state index in [1.54, 1.807) is 18.2 Å². The van der Waals surface area contributed by atoms with Crippen LogP contribution in [-0.4, -0.2) is 39.3 Å². The largest absolute Gasteiger partial charge is 0.325 e. The van der Waals surface area contributed by atoms with Crippen LogP contribution in [0.25, 0.3) is 0 Å². The maximum Gasteiger partial charge on any atom is 0.242 e. The fourth-order valence-corrected chi connectivity index (χ4v) is 3.51. The van der Waals surface area contributed by atoms with Crippen molar-refractivity contribution in [2.45, 2.75) is 17.9 Å². The Labute approximate surface area is 159 Å². The number of carbonyl (C=O) groups excluding carboxylic acids is 1. The summed E-state index contributed by atoms with van der Waals surface area (Å²) >= 11 is 6.14. The van der Waals surface area contributed by atoms with Gasteiger partial charge in [0, 0.05) is 30.8 Å². The van der Waals surface area contributed by atoms with Gasteiger partial charge in [0.25, 0.3) is 0 Å². The van der Waals surface area contributed by atoms with Crippen molar-refractivity contribution in [1.82, 2.24) is 9.62 Å². The number of hydrogen-bond acceptors (Lipinski definition) is 4. The number of carbonyl (C=O) groups is 1. The van der Waals surface area contributed by atoms with E-state index < -0.39 is 10.0 Å². The third-order valence-corrected chi connectivity index (χ3v) is 6.03. The maximum atomic E-state index is 12.1. The highest BCUT2D eigenvalue weighted by molar-refractivity contribution is 7.89. The molecule has 0 spiro atoms. The van der Waals surface area contributed by atoms with Gasteiger partial charge >= 0.3 is 0 Å². The Morgan fingerprint density at radius 2 is 1.73 bits per heavy atom. The van der Waals surface area contributed by atoms with Gasteiger partial charge in [0.15, 0.2) is 0 Å². The quantitative estimate of drug-likeness (QED) is 0.755. The molecule has 0 aliphatic carbocycles. The Balaban J connectivity index is 1.93. The van der Waals surface area contributed by atoms with E-state index in [-0.39, 0.29) is 23.4 Å². The number of sulfonamides is 1. The Morgan fingerprint density at radius 3 is 2.31 bits per heavy atom. The maximum absolute atomic E-state index is 12.1. The Hall–Kier alpha value is -1.93. The molecule has 26 heavy (non-hydrogen) atoms. The average Bonchev–Trinajstić information content (AvgIpc) is 2.60. The van der Waals surface area contributed by atoms with Gasteiger partial charge in [-0.15, -0.1) is 0 Å². The first-order valence-corrected chi connectivity index (χ1v) is 9.84. The summed E-state index contributed by atoms with van der Waals surface area (Å²) in [6.07, 6.45) is 0. The summed E-state index contributed by atoms with van der Waals surface area (Å²) in [5, 5.41) is 6.48. The van der Waals surface area contributed by atoms with E-state index >= 15 is 0 Å². The summed E-state index contributed by atoms with van der Waals surface area (Å²) < 4.78 is 25.2. The SMILES string of the molecule is C[C@H](NCC(=O)Nc1ccc(S(=O)(=O)N(C)C)cc1)c1ccccc1Cl. The standard InChI is InChI=1S/C18H22ClN3O3S/c1-13(16-6-4-5-7-17(16)19)20-12-18(23)21-14-8-10-15(11-9-14)26(24,25)22(2)3/h4-11,13,20H,12H2,1-3H3,(H,21,23)/t13-/m0/s1. The van der Waals surface area contributed by atoms with Gasteiger partial charge in [-0.05, 0) is 42.8 Å². The van der Waals surface area contributed by atoms with Crippen LogP contribution in [0.4, 0.5) is 5.69 Å². The lowest BCUT2D eigenvalue weighted by Gasteiger charge is -2.15. The first kappa shape index (κ1) is 20.4. The molecule has 0 radical (unpaired) electrons. The van der Waals surface area contributed by atoms with Crippen LogP contribution >= 0.6 is 11.6 Å². The molecule has 2 aromatic carbocycles. The lowest BCUT2D eigenvalue weighted by molar-refractivity contribution is -0.115. The minimum absolute atomic E-state index is 0.0814. The molecule has 8 heteroatoms. The predicted molar refractivity (Wildman–Crippen MR) is 104 cm³/mol. The molecular weight excluding hydrogens is 374 g/mol. The zero-order chi connectivity index (χ0) is 19.3. The van der Waals surface area contributed by atoms with Crippen LogP contribution < -0.4 is 10.6 Å². The summed E-state index contributed by atoms with van der Waals surface area (Å²) in [6, 6.07) is 13.4. The number of nitrogens with zero attached hydrogens (tertiary/aromatic N) is 1. The number of amides is 1. The topological polar surface area (TPSA) is 78.5 Å². The highest BCUT2D eigenvalue weighted by Gasteiger charge is 2.17. The molecule has 0 aliphatic rings. The molecule has 0 saturated carbocycles. The molecule has 0 aromatic heterocycles. The van der Waals surface area contributed by atoms with E-state index in [0.717, 1.165) is 9.87 Å². The molecule has 0 bridgehead atoms. The van der Waals surface area contributed by atoms with E-state index in [1.807, 2.05) is 25.1 Å². The van der Waals surface area contributed by atoms with Gasteiger partial charge in [0.05, 0.1) is 11.4 Å². The van der Waals surface area contributed by atoms with Crippen LogP contribution in [0.2, 0.25) is 5.02 Å². The first-order chi connectivity index (χ1) is 12.2. The first-order valence-electron chi connectivity index (χ1n) is 8.02. The molecule has 1 atom stereocenters. The van der Waals surface area contributed by atoms with Crippen molar-refractivity contribution < 1.29 is 13.2 Å². The molecule has 6 nitrogen and oxygen atoms in total. The van der Waals surface area contributed by atoms with E-state index in [9.17, 15) is 13.2 Å². The molecule has 1 amide bonds. The third-order valence-electron chi connectivity index (χ3n) is 3.86. The second-order valence-electron chi connectivity index (χ2n) is 5.98. The van der Waals surface area contributed by atoms with Crippen LogP contribution in [0.3, 0.4) is 0 Å². The zero-order valence-corrected chi connectivity index (χ0v) is 16.4. The van der Waals surface area contributed by atoms with Crippen molar-refractivity contribution in [2.24, 2.45) is 0 Å². The third kappa shape index (κ3) is 5.04. The Morgan fingerprint density at radius 1 is 1.12 bits per heavy atom. The van der Waals surface area contributed by atoms with Crippen LogP contribution in [0.1, 0.15) is 18.5 Å². The molecular formula is C18H22ClN3O3S. The lowest BCUT2D eigenvalue weighted by atomic mass is 10.1. The smallest absolute Gasteiger partial charge is 0.242 e. The van der Waals surface area contributed by atoms with Crippen molar-refractivity contribution in [3.05, 3.63) is 59.1 Å². The highest BCUT2D eigenvalue weighted by Crippen LogP contribution is 2.22. The number of nitrogens with one attached hydrogen (secondary N) is 2. The molecule has 2 aromatic rings. The minimum atomic E-state index is -3.48. The molecule has 0 fully saturated rings. The summed E-state index contributed by atoms with van der Waals surface area (Å²) in [6.45, 7) is 2.03. The van der Waals surface area contributed by atoms with Gasteiger partial charge in [-0.25, -0.2) is 12.7 Å². The van der Waals surface area contributed by atoms with Gasteiger partial charge in [-0.3, -0.25) is 4.79 Å². The highest BCUT2D eigenvalue weighted by atomic mass is 35.5. The molecule has 0 aliphatic heterocycles.